The first kappa shape index (κ1) is 13.6. The van der Waals surface area contributed by atoms with E-state index in [-0.39, 0.29) is 33.8 Å². The monoisotopic (exact) mass is 301 g/mol. The van der Waals surface area contributed by atoms with Crippen molar-refractivity contribution in [3.05, 3.63) is 27.9 Å². The number of aromatic nitrogens is 3. The second-order valence-electron chi connectivity index (χ2n) is 3.50. The van der Waals surface area contributed by atoms with Crippen molar-refractivity contribution in [2.45, 2.75) is 6.92 Å². The number of esters is 1. The molecule has 100 valence electrons. The number of benzene rings is 1. The molecule has 8 heteroatoms. The van der Waals surface area contributed by atoms with Gasteiger partial charge in [0.15, 0.2) is 5.69 Å². The second-order valence-corrected chi connectivity index (χ2v) is 4.26. The summed E-state index contributed by atoms with van der Waals surface area (Å²) in [6, 6.07) is 2.84. The van der Waals surface area contributed by atoms with Crippen LogP contribution in [-0.2, 0) is 4.74 Å². The quantitative estimate of drug-likeness (QED) is 0.851. The Morgan fingerprint density at radius 3 is 2.79 bits per heavy atom. The molecule has 2 rings (SSSR count). The molecule has 6 nitrogen and oxygen atoms in total. The topological polar surface area (TPSA) is 88.1 Å². The summed E-state index contributed by atoms with van der Waals surface area (Å²) in [5.74, 6) is -0.775. The molecule has 1 aromatic carbocycles. The zero-order chi connectivity index (χ0) is 14.0. The van der Waals surface area contributed by atoms with Gasteiger partial charge in [0.1, 0.15) is 16.5 Å². The Balaban J connectivity index is 2.52. The van der Waals surface area contributed by atoms with Crippen molar-refractivity contribution in [3.63, 3.8) is 0 Å². The molecule has 0 saturated heterocycles. The van der Waals surface area contributed by atoms with E-state index in [0.717, 1.165) is 0 Å². The first-order chi connectivity index (χ1) is 9.06. The van der Waals surface area contributed by atoms with E-state index in [9.17, 15) is 9.90 Å². The third-order valence-corrected chi connectivity index (χ3v) is 3.21. The van der Waals surface area contributed by atoms with Crippen LogP contribution in [0, 0.1) is 0 Å². The summed E-state index contributed by atoms with van der Waals surface area (Å²) in [5, 5.41) is 19.4. The number of aromatic hydroxyl groups is 1. The number of phenols is 1. The summed E-state index contributed by atoms with van der Waals surface area (Å²) in [4.78, 5) is 11.7. The predicted molar refractivity (Wildman–Crippen MR) is 69.5 cm³/mol. The van der Waals surface area contributed by atoms with Crippen molar-refractivity contribution in [1.29, 1.82) is 0 Å². The summed E-state index contributed by atoms with van der Waals surface area (Å²) >= 11 is 11.9. The molecule has 0 bridgehead atoms. The number of phenolic OH excluding ortho intramolecular Hbond substituents is 1. The molecule has 0 amide bonds. The SMILES string of the molecule is CCOC(=O)c1n[nH]nc1-c1ccc(O)c(Cl)c1Cl. The van der Waals surface area contributed by atoms with Crippen molar-refractivity contribution in [2.24, 2.45) is 0 Å². The largest absolute Gasteiger partial charge is 0.506 e. The third-order valence-electron chi connectivity index (χ3n) is 2.33. The number of carbonyl (C=O) groups is 1. The van der Waals surface area contributed by atoms with Gasteiger partial charge in [-0.1, -0.05) is 23.2 Å². The van der Waals surface area contributed by atoms with Crippen molar-refractivity contribution in [3.8, 4) is 17.0 Å². The van der Waals surface area contributed by atoms with E-state index in [1.807, 2.05) is 0 Å². The van der Waals surface area contributed by atoms with Gasteiger partial charge in [0.05, 0.1) is 11.6 Å². The number of hydrogen-bond donors (Lipinski definition) is 2. The van der Waals surface area contributed by atoms with Crippen LogP contribution in [-0.4, -0.2) is 33.1 Å². The molecule has 0 fully saturated rings. The molecule has 19 heavy (non-hydrogen) atoms. The molecule has 1 aromatic heterocycles. The molecule has 2 N–H and O–H groups in total. The molecule has 0 aliphatic heterocycles. The zero-order valence-electron chi connectivity index (χ0n) is 9.78. The highest BCUT2D eigenvalue weighted by Gasteiger charge is 2.22. The Morgan fingerprint density at radius 1 is 1.37 bits per heavy atom. The average molecular weight is 302 g/mol. The number of ether oxygens (including phenoxy) is 1. The molecular formula is C11H9Cl2N3O3. The van der Waals surface area contributed by atoms with Crippen LogP contribution in [0.15, 0.2) is 12.1 Å². The fourth-order valence-electron chi connectivity index (χ4n) is 1.48. The minimum absolute atomic E-state index is 0.00510. The van der Waals surface area contributed by atoms with Crippen LogP contribution in [0.3, 0.4) is 0 Å². The maximum absolute atomic E-state index is 11.7. The minimum Gasteiger partial charge on any atom is -0.506 e. The van der Waals surface area contributed by atoms with Gasteiger partial charge in [0, 0.05) is 5.56 Å². The Labute approximate surface area is 118 Å². The highest BCUT2D eigenvalue weighted by Crippen LogP contribution is 2.38. The molecule has 0 spiro atoms. The molecule has 0 radical (unpaired) electrons. The van der Waals surface area contributed by atoms with E-state index >= 15 is 0 Å². The number of nitrogens with zero attached hydrogens (tertiary/aromatic N) is 2. The first-order valence-electron chi connectivity index (χ1n) is 5.31. The summed E-state index contributed by atoms with van der Waals surface area (Å²) < 4.78 is 4.86. The third kappa shape index (κ3) is 2.50. The summed E-state index contributed by atoms with van der Waals surface area (Å²) in [6.45, 7) is 1.90. The second kappa shape index (κ2) is 5.46. The lowest BCUT2D eigenvalue weighted by molar-refractivity contribution is 0.0520. The van der Waals surface area contributed by atoms with Crippen LogP contribution in [0.2, 0.25) is 10.0 Å². The van der Waals surface area contributed by atoms with Gasteiger partial charge >= 0.3 is 5.97 Å². The number of halogens is 2. The van der Waals surface area contributed by atoms with Gasteiger partial charge in [-0.15, -0.1) is 5.10 Å². The highest BCUT2D eigenvalue weighted by molar-refractivity contribution is 6.44. The lowest BCUT2D eigenvalue weighted by atomic mass is 10.1. The Bertz CT molecular complexity index is 628. The summed E-state index contributed by atoms with van der Waals surface area (Å²) in [6.07, 6.45) is 0. The fraction of sp³-hybridized carbons (Fsp3) is 0.182. The lowest BCUT2D eigenvalue weighted by Crippen LogP contribution is -2.06. The van der Waals surface area contributed by atoms with Crippen molar-refractivity contribution >= 4 is 29.2 Å². The molecule has 1 heterocycles. The van der Waals surface area contributed by atoms with E-state index in [2.05, 4.69) is 15.4 Å². The van der Waals surface area contributed by atoms with Crippen LogP contribution >= 0.6 is 23.2 Å². The van der Waals surface area contributed by atoms with Gasteiger partial charge in [0.25, 0.3) is 0 Å². The van der Waals surface area contributed by atoms with E-state index in [4.69, 9.17) is 27.9 Å². The maximum Gasteiger partial charge on any atom is 0.361 e. The van der Waals surface area contributed by atoms with Gasteiger partial charge in [0.2, 0.25) is 0 Å². The zero-order valence-corrected chi connectivity index (χ0v) is 11.3. The molecule has 0 unspecified atom stereocenters. The number of hydrogen-bond acceptors (Lipinski definition) is 5. The van der Waals surface area contributed by atoms with Crippen molar-refractivity contribution in [1.82, 2.24) is 15.4 Å². The van der Waals surface area contributed by atoms with Crippen LogP contribution < -0.4 is 0 Å². The summed E-state index contributed by atoms with van der Waals surface area (Å²) in [5.41, 5.74) is 0.595. The van der Waals surface area contributed by atoms with E-state index in [1.165, 1.54) is 12.1 Å². The summed E-state index contributed by atoms with van der Waals surface area (Å²) in [7, 11) is 0. The van der Waals surface area contributed by atoms with Gasteiger partial charge in [-0.05, 0) is 19.1 Å². The highest BCUT2D eigenvalue weighted by atomic mass is 35.5. The molecule has 0 atom stereocenters. The Morgan fingerprint density at radius 2 is 2.11 bits per heavy atom. The van der Waals surface area contributed by atoms with E-state index in [0.29, 0.717) is 5.56 Å². The minimum atomic E-state index is -0.619. The Hall–Kier alpha value is -1.79. The molecule has 0 aliphatic rings. The van der Waals surface area contributed by atoms with E-state index < -0.39 is 5.97 Å². The molecule has 0 saturated carbocycles. The number of H-pyrrole nitrogens is 1. The van der Waals surface area contributed by atoms with Crippen molar-refractivity contribution < 1.29 is 14.6 Å². The molecular weight excluding hydrogens is 293 g/mol. The predicted octanol–water partition coefficient (Wildman–Crippen LogP) is 2.66. The number of rotatable bonds is 3. The van der Waals surface area contributed by atoms with Crippen LogP contribution in [0.1, 0.15) is 17.4 Å². The maximum atomic E-state index is 11.7. The van der Waals surface area contributed by atoms with Gasteiger partial charge in [-0.3, -0.25) is 0 Å². The van der Waals surface area contributed by atoms with Gasteiger partial charge in [-0.2, -0.15) is 10.3 Å². The molecule has 2 aromatic rings. The number of carbonyl (C=O) groups excluding carboxylic acids is 1. The first-order valence-corrected chi connectivity index (χ1v) is 6.07. The average Bonchev–Trinajstić information content (AvgIpc) is 2.85. The number of nitrogens with one attached hydrogen (secondary N) is 1. The smallest absolute Gasteiger partial charge is 0.361 e. The molecule has 0 aliphatic carbocycles. The van der Waals surface area contributed by atoms with Crippen LogP contribution in [0.4, 0.5) is 0 Å². The van der Waals surface area contributed by atoms with Gasteiger partial charge in [-0.25, -0.2) is 4.79 Å². The van der Waals surface area contributed by atoms with E-state index in [1.54, 1.807) is 6.92 Å². The standard InChI is InChI=1S/C11H9Cl2N3O3/c1-2-19-11(18)10-9(14-16-15-10)5-3-4-6(17)8(13)7(5)12/h3-4,17H,2H2,1H3,(H,14,15,16). The van der Waals surface area contributed by atoms with Gasteiger partial charge < -0.3 is 9.84 Å². The lowest BCUT2D eigenvalue weighted by Gasteiger charge is -2.06. The van der Waals surface area contributed by atoms with Crippen LogP contribution in [0.25, 0.3) is 11.3 Å². The number of aromatic amines is 1. The van der Waals surface area contributed by atoms with Crippen molar-refractivity contribution in [2.75, 3.05) is 6.61 Å². The normalized spacial score (nSPS) is 10.5. The van der Waals surface area contributed by atoms with Crippen LogP contribution in [0.5, 0.6) is 5.75 Å². The fourth-order valence-corrected chi connectivity index (χ4v) is 1.90. The Kier molecular flexibility index (Phi) is 3.92.